The number of carboxylic acid groups (broad SMARTS) is 5. The van der Waals surface area contributed by atoms with Crippen molar-refractivity contribution in [2.75, 3.05) is 72.5 Å². The van der Waals surface area contributed by atoms with Crippen LogP contribution in [-0.2, 0) is 86.1 Å². The molecule has 6 atom stereocenters. The summed E-state index contributed by atoms with van der Waals surface area (Å²) in [4.78, 5) is 168. The normalized spacial score (nSPS) is 12.9. The van der Waals surface area contributed by atoms with E-state index in [1.165, 1.54) is 25.7 Å². The number of nitrogens with one attached hydrogen (secondary N) is 9. The van der Waals surface area contributed by atoms with Crippen LogP contribution in [0.3, 0.4) is 0 Å². The SMILES string of the molecule is CC[C@H](NC(=O)[C@H](CCCCNC(=O)CC[C@H](NC(=O)CC[C@H](NC(=O)COCCOCCNC(=O)COCCOCCNC(=O)CC[C@H](NC(=O)CC[C@H](NC(=O)CCCCCCCCCCCCCCCCC(=O)O)C(=O)O)C(=O)O)C(=O)O)C(=O)O)NI)C(N)=O. The molecule has 0 aliphatic carbocycles. The van der Waals surface area contributed by atoms with E-state index in [1.54, 1.807) is 6.92 Å². The van der Waals surface area contributed by atoms with E-state index in [9.17, 15) is 87.5 Å². The van der Waals surface area contributed by atoms with Crippen LogP contribution in [-0.4, -0.2) is 217 Å². The first-order valence-corrected chi connectivity index (χ1v) is 33.4. The second-order valence-electron chi connectivity index (χ2n) is 22.2. The predicted molar refractivity (Wildman–Crippen MR) is 345 cm³/mol. The Kier molecular flexibility index (Phi) is 52.3. The molecular weight excluding hydrogens is 1360 g/mol. The third kappa shape index (κ3) is 49.7. The number of hydrogen-bond acceptors (Lipinski definition) is 19. The quantitative estimate of drug-likeness (QED) is 0.0229. The van der Waals surface area contributed by atoms with Crippen LogP contribution in [0.15, 0.2) is 0 Å². The van der Waals surface area contributed by atoms with Gasteiger partial charge in [0.25, 0.3) is 0 Å². The maximum absolute atomic E-state index is 12.6. The van der Waals surface area contributed by atoms with Gasteiger partial charge in [-0.25, -0.2) is 22.7 Å². The summed E-state index contributed by atoms with van der Waals surface area (Å²) >= 11 is 1.82. The zero-order valence-corrected chi connectivity index (χ0v) is 56.2. The molecule has 0 unspecified atom stereocenters. The van der Waals surface area contributed by atoms with Crippen LogP contribution >= 0.6 is 22.9 Å². The second kappa shape index (κ2) is 56.5. The van der Waals surface area contributed by atoms with Gasteiger partial charge in [-0.15, -0.1) is 0 Å². The van der Waals surface area contributed by atoms with Crippen LogP contribution in [0.25, 0.3) is 0 Å². The number of carboxylic acids is 5. The molecule has 0 spiro atoms. The highest BCUT2D eigenvalue weighted by Gasteiger charge is 2.27. The van der Waals surface area contributed by atoms with Crippen LogP contribution in [0.5, 0.6) is 0 Å². The van der Waals surface area contributed by atoms with E-state index < -0.39 is 139 Å². The van der Waals surface area contributed by atoms with Crippen molar-refractivity contribution < 1.29 is 112 Å². The Morgan fingerprint density at radius 3 is 1.06 bits per heavy atom. The fraction of sp³-hybridized carbons (Fsp3) is 0.767. The standard InChI is InChI=1S/C60H103IN10O23/c1-2-41(55(62)81)70-56(82)42(71-61)19-17-18-30-63-47(72)26-22-43(57(83)84)67-51(76)29-25-46(60(89)90)69-53(78)40-94-38-36-92-34-32-65-52(77)39-93-37-35-91-33-31-64-48(73)27-23-44(58(85)86)68-50(75)28-24-45(59(87)88)66-49(74)20-15-13-11-9-7-5-3-4-6-8-10-12-14-16-21-54(79)80/h41-46,71H,2-40H2,1H3,(H2,62,81)(H,63,72)(H,64,73)(H,65,77)(H,66,74)(H,67,76)(H,68,75)(H,69,78)(H,70,82)(H,79,80)(H,83,84)(H,85,86)(H,87,88)(H,89,90)/t41-,42-,43-,44-,45-,46-/m0/s1. The highest BCUT2D eigenvalue weighted by molar-refractivity contribution is 14.1. The smallest absolute Gasteiger partial charge is 0.326 e. The van der Waals surface area contributed by atoms with Crippen LogP contribution in [0.4, 0.5) is 0 Å². The summed E-state index contributed by atoms with van der Waals surface area (Å²) in [5, 5.41) is 66.6. The predicted octanol–water partition coefficient (Wildman–Crippen LogP) is 0.985. The molecule has 0 radical (unpaired) electrons. The minimum Gasteiger partial charge on any atom is -0.481 e. The summed E-state index contributed by atoms with van der Waals surface area (Å²) in [5.41, 5.74) is 5.28. The summed E-state index contributed by atoms with van der Waals surface area (Å²) in [6.07, 6.45) is 13.8. The Labute approximate surface area is 562 Å². The van der Waals surface area contributed by atoms with Crippen molar-refractivity contribution in [1.82, 2.24) is 46.1 Å². The molecule has 0 heterocycles. The van der Waals surface area contributed by atoms with Gasteiger partial charge >= 0.3 is 29.8 Å². The minimum absolute atomic E-state index is 0.00328. The summed E-state index contributed by atoms with van der Waals surface area (Å²) in [6, 6.07) is -7.17. The van der Waals surface area contributed by atoms with Gasteiger partial charge in [0.15, 0.2) is 0 Å². The van der Waals surface area contributed by atoms with Gasteiger partial charge in [-0.2, -0.15) is 0 Å². The van der Waals surface area contributed by atoms with Crippen molar-refractivity contribution in [3.63, 3.8) is 0 Å². The van der Waals surface area contributed by atoms with Crippen molar-refractivity contribution in [2.24, 2.45) is 5.73 Å². The van der Waals surface area contributed by atoms with Crippen LogP contribution in [0.1, 0.15) is 187 Å². The van der Waals surface area contributed by atoms with E-state index >= 15 is 0 Å². The Balaban J connectivity index is 4.17. The Bertz CT molecular complexity index is 2310. The number of carbonyl (C=O) groups is 14. The molecule has 0 aromatic carbocycles. The van der Waals surface area contributed by atoms with E-state index in [-0.39, 0.29) is 117 Å². The van der Waals surface area contributed by atoms with Gasteiger partial charge in [-0.3, -0.25) is 47.9 Å². The van der Waals surface area contributed by atoms with Crippen molar-refractivity contribution >= 4 is 106 Å². The average Bonchev–Trinajstić information content (AvgIpc) is 1.67. The highest BCUT2D eigenvalue weighted by atomic mass is 127. The van der Waals surface area contributed by atoms with E-state index in [1.807, 2.05) is 22.9 Å². The van der Waals surface area contributed by atoms with E-state index in [0.29, 0.717) is 32.1 Å². The number of halogens is 1. The molecule has 0 saturated heterocycles. The first-order valence-electron chi connectivity index (χ1n) is 32.3. The van der Waals surface area contributed by atoms with E-state index in [4.69, 9.17) is 29.8 Å². The van der Waals surface area contributed by atoms with Crippen LogP contribution in [0.2, 0.25) is 0 Å². The van der Waals surface area contributed by atoms with Gasteiger partial charge in [0.1, 0.15) is 43.4 Å². The first kappa shape index (κ1) is 87.1. The number of primary amides is 1. The third-order valence-electron chi connectivity index (χ3n) is 14.3. The monoisotopic (exact) mass is 1460 g/mol. The lowest BCUT2D eigenvalue weighted by Crippen LogP contribution is -2.50. The lowest BCUT2D eigenvalue weighted by molar-refractivity contribution is -0.144. The number of unbranched alkanes of at least 4 members (excludes halogenated alkanes) is 14. The van der Waals surface area contributed by atoms with Gasteiger partial charge in [-0.1, -0.05) is 84.0 Å². The van der Waals surface area contributed by atoms with Crippen molar-refractivity contribution in [2.45, 2.75) is 223 Å². The topological polar surface area (TPSA) is 511 Å². The van der Waals surface area contributed by atoms with Crippen molar-refractivity contribution in [3.05, 3.63) is 0 Å². The Morgan fingerprint density at radius 2 is 0.681 bits per heavy atom. The lowest BCUT2D eigenvalue weighted by Gasteiger charge is -2.19. The molecule has 33 nitrogen and oxygen atoms in total. The number of rotatable bonds is 63. The Morgan fingerprint density at radius 1 is 0.340 bits per heavy atom. The molecule has 0 fully saturated rings. The summed E-state index contributed by atoms with van der Waals surface area (Å²) in [6.45, 7) is 1.38. The molecule has 16 N–H and O–H groups in total. The van der Waals surface area contributed by atoms with Crippen molar-refractivity contribution in [3.8, 4) is 0 Å². The number of amides is 9. The summed E-state index contributed by atoms with van der Waals surface area (Å²) < 4.78 is 24.0. The number of nitrogens with two attached hydrogens (primary N) is 1. The fourth-order valence-electron chi connectivity index (χ4n) is 8.96. The van der Waals surface area contributed by atoms with Gasteiger partial charge < -0.3 is 92.7 Å². The number of carbonyl (C=O) groups excluding carboxylic acids is 9. The molecule has 34 heteroatoms. The maximum Gasteiger partial charge on any atom is 0.326 e. The first-order chi connectivity index (χ1) is 44.9. The minimum atomic E-state index is -1.52. The fourth-order valence-corrected chi connectivity index (χ4v) is 9.55. The Hall–Kier alpha value is -6.89. The molecule has 9 amide bonds. The number of aliphatic carboxylic acids is 5. The molecule has 538 valence electrons. The molecule has 0 saturated carbocycles. The molecule has 0 aromatic rings. The van der Waals surface area contributed by atoms with Gasteiger partial charge in [-0.05, 0) is 64.2 Å². The van der Waals surface area contributed by atoms with Gasteiger partial charge in [0.05, 0.1) is 45.7 Å². The zero-order valence-electron chi connectivity index (χ0n) is 54.1. The third-order valence-corrected chi connectivity index (χ3v) is 15.1. The summed E-state index contributed by atoms with van der Waals surface area (Å²) in [7, 11) is 0. The molecule has 94 heavy (non-hydrogen) atoms. The van der Waals surface area contributed by atoms with E-state index in [2.05, 4.69) is 46.1 Å². The number of hydrogen-bond donors (Lipinski definition) is 15. The molecule has 0 aromatic heterocycles. The van der Waals surface area contributed by atoms with Crippen molar-refractivity contribution in [1.29, 1.82) is 0 Å². The number of ether oxygens (including phenoxy) is 4. The van der Waals surface area contributed by atoms with Gasteiger partial charge in [0, 0.05) is 81.0 Å². The highest BCUT2D eigenvalue weighted by Crippen LogP contribution is 2.15. The maximum atomic E-state index is 12.6. The summed E-state index contributed by atoms with van der Waals surface area (Å²) in [5.74, 6) is -11.7. The van der Waals surface area contributed by atoms with Gasteiger partial charge in [0.2, 0.25) is 53.2 Å². The molecule has 0 rings (SSSR count). The molecule has 0 bridgehead atoms. The van der Waals surface area contributed by atoms with Crippen LogP contribution < -0.4 is 51.8 Å². The lowest BCUT2D eigenvalue weighted by atomic mass is 10.0. The second-order valence-corrected chi connectivity index (χ2v) is 22.9. The average molecular weight is 1460 g/mol. The largest absolute Gasteiger partial charge is 0.481 e. The van der Waals surface area contributed by atoms with E-state index in [0.717, 1.165) is 57.8 Å². The van der Waals surface area contributed by atoms with Crippen LogP contribution in [0, 0.1) is 0 Å². The zero-order chi connectivity index (χ0) is 70.3. The molecular formula is C60H103IN10O23. The molecule has 0 aliphatic rings. The molecule has 0 aliphatic heterocycles.